The van der Waals surface area contributed by atoms with E-state index in [0.29, 0.717) is 65.7 Å². The summed E-state index contributed by atoms with van der Waals surface area (Å²) < 4.78 is 56.1. The minimum absolute atomic E-state index is 0.150. The summed E-state index contributed by atoms with van der Waals surface area (Å²) >= 11 is 0. The molecular weight excluding hydrogens is 630 g/mol. The van der Waals surface area contributed by atoms with E-state index in [1.807, 2.05) is 58.9 Å². The van der Waals surface area contributed by atoms with E-state index in [9.17, 15) is 9.18 Å². The first-order valence-corrected chi connectivity index (χ1v) is 17.1. The highest BCUT2D eigenvalue weighted by Gasteiger charge is 2.38. The Morgan fingerprint density at radius 2 is 1.82 bits per heavy atom. The molecule has 3 aliphatic rings. The first-order chi connectivity index (χ1) is 23.2. The molecule has 3 aliphatic heterocycles. The molecule has 1 saturated heterocycles. The number of piperidine rings is 1. The van der Waals surface area contributed by atoms with E-state index in [1.54, 1.807) is 10.6 Å². The normalized spacial score (nSPS) is 20.9. The van der Waals surface area contributed by atoms with Crippen LogP contribution in [0.2, 0.25) is 0 Å². The average molecular weight is 677 g/mol. The number of aromatic nitrogens is 3. The van der Waals surface area contributed by atoms with E-state index < -0.39 is 29.3 Å². The molecule has 0 saturated carbocycles. The number of carbonyl (C=O) groups is 1. The molecule has 262 valence electrons. The second-order valence-corrected chi connectivity index (χ2v) is 14.4. The van der Waals surface area contributed by atoms with Crippen LogP contribution in [0.5, 0.6) is 5.75 Å². The summed E-state index contributed by atoms with van der Waals surface area (Å²) in [6.07, 6.45) is 2.60. The van der Waals surface area contributed by atoms with E-state index in [-0.39, 0.29) is 23.0 Å². The van der Waals surface area contributed by atoms with Gasteiger partial charge in [0.2, 0.25) is 0 Å². The molecule has 1 fully saturated rings. The molecule has 7 rings (SSSR count). The summed E-state index contributed by atoms with van der Waals surface area (Å²) in [5.74, 6) is -1.08. The van der Waals surface area contributed by atoms with E-state index in [1.165, 1.54) is 13.2 Å². The van der Waals surface area contributed by atoms with Gasteiger partial charge in [-0.15, -0.1) is 0 Å². The number of ether oxygens (including phenoxy) is 4. The van der Waals surface area contributed by atoms with Crippen molar-refractivity contribution in [2.24, 2.45) is 0 Å². The van der Waals surface area contributed by atoms with Gasteiger partial charge in [-0.1, -0.05) is 18.2 Å². The Morgan fingerprint density at radius 1 is 1.08 bits per heavy atom. The molecule has 6 bridgehead atoms. The van der Waals surface area contributed by atoms with Crippen molar-refractivity contribution in [1.29, 1.82) is 0 Å². The number of esters is 1. The van der Waals surface area contributed by atoms with Gasteiger partial charge in [-0.2, -0.15) is 9.61 Å². The van der Waals surface area contributed by atoms with Crippen LogP contribution >= 0.6 is 0 Å². The SMILES string of the molecule is COC(=O)[C@@H](OC(C)(C)C)c1c(C)nc2cc3nn2c1N1CCC(C)(CC1)OCCCC[C@H](C)Oc1cc(F)cc(F)c1-c1cccc-3c1. The minimum atomic E-state index is -1.05. The van der Waals surface area contributed by atoms with Crippen LogP contribution in [0.15, 0.2) is 42.5 Å². The molecule has 9 nitrogen and oxygen atoms in total. The second kappa shape index (κ2) is 13.7. The smallest absolute Gasteiger partial charge is 0.339 e. The zero-order chi connectivity index (χ0) is 35.1. The molecule has 2 aromatic heterocycles. The number of carbonyl (C=O) groups excluding carboxylic acids is 1. The summed E-state index contributed by atoms with van der Waals surface area (Å²) in [5, 5.41) is 5.05. The predicted octanol–water partition coefficient (Wildman–Crippen LogP) is 8.01. The van der Waals surface area contributed by atoms with Crippen LogP contribution in [0.1, 0.15) is 84.1 Å². The predicted molar refractivity (Wildman–Crippen MR) is 184 cm³/mol. The first kappa shape index (κ1) is 34.8. The van der Waals surface area contributed by atoms with E-state index >= 15 is 4.39 Å². The lowest BCUT2D eigenvalue weighted by molar-refractivity contribution is -0.164. The number of methoxy groups -OCH3 is 1. The first-order valence-electron chi connectivity index (χ1n) is 17.1. The monoisotopic (exact) mass is 676 g/mol. The molecule has 4 aromatic rings. The zero-order valence-corrected chi connectivity index (χ0v) is 29.4. The van der Waals surface area contributed by atoms with Crippen molar-refractivity contribution in [2.45, 2.75) is 97.1 Å². The number of benzene rings is 2. The van der Waals surface area contributed by atoms with Crippen LogP contribution in [-0.4, -0.2) is 64.7 Å². The lowest BCUT2D eigenvalue weighted by Crippen LogP contribution is -2.46. The molecule has 0 N–H and O–H groups in total. The van der Waals surface area contributed by atoms with Crippen molar-refractivity contribution in [2.75, 3.05) is 31.7 Å². The molecule has 11 heteroatoms. The fourth-order valence-corrected chi connectivity index (χ4v) is 6.77. The highest BCUT2D eigenvalue weighted by molar-refractivity contribution is 5.81. The van der Waals surface area contributed by atoms with Gasteiger partial charge >= 0.3 is 5.97 Å². The van der Waals surface area contributed by atoms with Gasteiger partial charge in [0.05, 0.1) is 41.2 Å². The molecule has 0 unspecified atom stereocenters. The number of halogens is 2. The van der Waals surface area contributed by atoms with Crippen LogP contribution in [0.25, 0.3) is 28.0 Å². The third kappa shape index (κ3) is 7.43. The van der Waals surface area contributed by atoms with Gasteiger partial charge in [0.15, 0.2) is 11.8 Å². The topological polar surface area (TPSA) is 87.4 Å². The molecule has 5 heterocycles. The highest BCUT2D eigenvalue weighted by atomic mass is 19.1. The van der Waals surface area contributed by atoms with Crippen LogP contribution in [0.4, 0.5) is 14.6 Å². The number of hydrogen-bond acceptors (Lipinski definition) is 8. The van der Waals surface area contributed by atoms with Gasteiger partial charge in [0, 0.05) is 49.2 Å². The van der Waals surface area contributed by atoms with Crippen LogP contribution in [-0.2, 0) is 19.0 Å². The standard InChI is InChI=1S/C38H46F2N4O5/c1-23-11-8-9-18-47-38(6)14-16-43(17-15-38)35-32(34(36(45)46-7)49-37(3,4)5)24(2)41-31-22-29(42-44(31)35)25-12-10-13-26(19-25)33-28(40)20-27(39)21-30(33)48-23/h10,12-13,19-23,34H,8-9,11,14-18H2,1-7H3/t23-,34-/m0/s1. The number of hydrogen-bond donors (Lipinski definition) is 0. The summed E-state index contributed by atoms with van der Waals surface area (Å²) in [6.45, 7) is 13.5. The van der Waals surface area contributed by atoms with Crippen molar-refractivity contribution in [3.05, 3.63) is 65.4 Å². The summed E-state index contributed by atoms with van der Waals surface area (Å²) in [7, 11) is 1.35. The Kier molecular flexibility index (Phi) is 9.70. The fraction of sp³-hybridized carbons (Fsp3) is 0.500. The molecule has 49 heavy (non-hydrogen) atoms. The largest absolute Gasteiger partial charge is 0.490 e. The number of anilines is 1. The van der Waals surface area contributed by atoms with Crippen molar-refractivity contribution < 1.29 is 32.5 Å². The summed E-state index contributed by atoms with van der Waals surface area (Å²) in [6, 6.07) is 11.3. The van der Waals surface area contributed by atoms with Crippen LogP contribution in [0, 0.1) is 18.6 Å². The Morgan fingerprint density at radius 3 is 2.53 bits per heavy atom. The van der Waals surface area contributed by atoms with Crippen LogP contribution < -0.4 is 9.64 Å². The van der Waals surface area contributed by atoms with E-state index in [4.69, 9.17) is 29.0 Å². The maximum Gasteiger partial charge on any atom is 0.339 e. The van der Waals surface area contributed by atoms with Gasteiger partial charge in [-0.3, -0.25) is 0 Å². The molecule has 0 amide bonds. The Bertz CT molecular complexity index is 1840. The average Bonchev–Trinajstić information content (AvgIpc) is 3.46. The second-order valence-electron chi connectivity index (χ2n) is 14.4. The Labute approximate surface area is 286 Å². The number of aryl methyl sites for hydroxylation is 1. The highest BCUT2D eigenvalue weighted by Crippen LogP contribution is 2.40. The molecule has 2 aromatic carbocycles. The number of fused-ring (bicyclic) bond motifs is 8. The van der Waals surface area contributed by atoms with Crippen molar-refractivity contribution >= 4 is 17.4 Å². The van der Waals surface area contributed by atoms with Gasteiger partial charge in [-0.25, -0.2) is 18.6 Å². The molecule has 2 atom stereocenters. The molecular formula is C38H46F2N4O5. The minimum Gasteiger partial charge on any atom is -0.490 e. The number of nitrogens with zero attached hydrogens (tertiary/aromatic N) is 4. The third-order valence-corrected chi connectivity index (χ3v) is 9.32. The molecule has 0 radical (unpaired) electrons. The molecule has 0 aliphatic carbocycles. The van der Waals surface area contributed by atoms with Gasteiger partial charge in [0.25, 0.3) is 0 Å². The van der Waals surface area contributed by atoms with Gasteiger partial charge in [-0.05, 0) is 85.3 Å². The van der Waals surface area contributed by atoms with Crippen LogP contribution in [0.3, 0.4) is 0 Å². The van der Waals surface area contributed by atoms with E-state index in [2.05, 4.69) is 11.8 Å². The lowest BCUT2D eigenvalue weighted by Gasteiger charge is -2.41. The summed E-state index contributed by atoms with van der Waals surface area (Å²) in [4.78, 5) is 20.5. The Balaban J connectivity index is 1.55. The maximum atomic E-state index is 15.5. The van der Waals surface area contributed by atoms with Gasteiger partial charge in [0.1, 0.15) is 23.2 Å². The van der Waals surface area contributed by atoms with Gasteiger partial charge < -0.3 is 23.8 Å². The molecule has 0 spiro atoms. The lowest BCUT2D eigenvalue weighted by atomic mass is 9.92. The van der Waals surface area contributed by atoms with Crippen molar-refractivity contribution in [1.82, 2.24) is 14.6 Å². The van der Waals surface area contributed by atoms with E-state index in [0.717, 1.165) is 31.7 Å². The zero-order valence-electron chi connectivity index (χ0n) is 29.4. The number of rotatable bonds is 3. The Hall–Kier alpha value is -4.09. The summed E-state index contributed by atoms with van der Waals surface area (Å²) in [5.41, 5.74) is 2.82. The third-order valence-electron chi connectivity index (χ3n) is 9.32. The fourth-order valence-electron chi connectivity index (χ4n) is 6.77. The quantitative estimate of drug-likeness (QED) is 0.202. The van der Waals surface area contributed by atoms with Crippen molar-refractivity contribution in [3.8, 4) is 28.1 Å². The maximum absolute atomic E-state index is 15.5. The van der Waals surface area contributed by atoms with Crippen molar-refractivity contribution in [3.63, 3.8) is 0 Å².